The van der Waals surface area contributed by atoms with Crippen LogP contribution in [0.3, 0.4) is 0 Å². The Hall–Kier alpha value is -1.27. The van der Waals surface area contributed by atoms with E-state index in [9.17, 15) is 0 Å². The van der Waals surface area contributed by atoms with Gasteiger partial charge in [0.1, 0.15) is 5.69 Å². The summed E-state index contributed by atoms with van der Waals surface area (Å²) >= 11 is 1.56. The van der Waals surface area contributed by atoms with Crippen molar-refractivity contribution in [2.75, 3.05) is 0 Å². The Kier molecular flexibility index (Phi) is 3.31. The number of rotatable bonds is 4. The van der Waals surface area contributed by atoms with Crippen LogP contribution >= 0.6 is 11.3 Å². The van der Waals surface area contributed by atoms with Crippen molar-refractivity contribution in [1.29, 1.82) is 0 Å². The van der Waals surface area contributed by atoms with Gasteiger partial charge in [-0.15, -0.1) is 11.3 Å². The molecule has 16 heavy (non-hydrogen) atoms. The topological polar surface area (TPSA) is 77.8 Å². The van der Waals surface area contributed by atoms with E-state index >= 15 is 0 Å². The molecule has 2 N–H and O–H groups in total. The van der Waals surface area contributed by atoms with Crippen molar-refractivity contribution in [3.63, 3.8) is 0 Å². The van der Waals surface area contributed by atoms with E-state index in [1.165, 1.54) is 0 Å². The van der Waals surface area contributed by atoms with E-state index in [0.717, 1.165) is 23.5 Å². The van der Waals surface area contributed by atoms with Gasteiger partial charge in [-0.05, 0) is 13.3 Å². The van der Waals surface area contributed by atoms with Gasteiger partial charge >= 0.3 is 0 Å². The first-order valence-corrected chi connectivity index (χ1v) is 6.10. The molecule has 0 fully saturated rings. The summed E-state index contributed by atoms with van der Waals surface area (Å²) in [6.07, 6.45) is 1.86. The molecule has 2 aromatic heterocycles. The first-order chi connectivity index (χ1) is 7.70. The van der Waals surface area contributed by atoms with Gasteiger partial charge in [0.15, 0.2) is 5.82 Å². The molecule has 0 aromatic carbocycles. The average Bonchev–Trinajstić information content (AvgIpc) is 2.85. The SMILES string of the molecule is CCCC(N)c1noc(-c2csc(C)n2)n1. The van der Waals surface area contributed by atoms with Gasteiger partial charge in [-0.3, -0.25) is 0 Å². The smallest absolute Gasteiger partial charge is 0.277 e. The lowest BCUT2D eigenvalue weighted by Crippen LogP contribution is -2.11. The summed E-state index contributed by atoms with van der Waals surface area (Å²) in [7, 11) is 0. The van der Waals surface area contributed by atoms with Gasteiger partial charge in [0.25, 0.3) is 5.89 Å². The lowest BCUT2D eigenvalue weighted by molar-refractivity contribution is 0.412. The van der Waals surface area contributed by atoms with E-state index in [1.54, 1.807) is 11.3 Å². The fourth-order valence-electron chi connectivity index (χ4n) is 1.39. The normalized spacial score (nSPS) is 12.9. The molecule has 0 saturated carbocycles. The van der Waals surface area contributed by atoms with Crippen LogP contribution < -0.4 is 5.73 Å². The Morgan fingerprint density at radius 3 is 2.94 bits per heavy atom. The number of hydrogen-bond donors (Lipinski definition) is 1. The molecule has 6 heteroatoms. The highest BCUT2D eigenvalue weighted by Gasteiger charge is 2.15. The summed E-state index contributed by atoms with van der Waals surface area (Å²) in [6.45, 7) is 4.01. The molecular formula is C10H14N4OS. The monoisotopic (exact) mass is 238 g/mol. The van der Waals surface area contributed by atoms with Crippen molar-refractivity contribution >= 4 is 11.3 Å². The van der Waals surface area contributed by atoms with Crippen molar-refractivity contribution in [1.82, 2.24) is 15.1 Å². The predicted molar refractivity (Wildman–Crippen MR) is 62.0 cm³/mol. The molecule has 2 heterocycles. The first kappa shape index (κ1) is 11.2. The van der Waals surface area contributed by atoms with Crippen LogP contribution in [0.15, 0.2) is 9.90 Å². The van der Waals surface area contributed by atoms with Gasteiger partial charge in [-0.2, -0.15) is 4.98 Å². The highest BCUT2D eigenvalue weighted by atomic mass is 32.1. The number of aryl methyl sites for hydroxylation is 1. The number of thiazole rings is 1. The lowest BCUT2D eigenvalue weighted by Gasteiger charge is -2.02. The molecule has 1 unspecified atom stereocenters. The van der Waals surface area contributed by atoms with E-state index in [1.807, 2.05) is 12.3 Å². The number of aromatic nitrogens is 3. The molecule has 0 aliphatic carbocycles. The summed E-state index contributed by atoms with van der Waals surface area (Å²) in [5, 5.41) is 6.75. The van der Waals surface area contributed by atoms with Crippen LogP contribution in [0.4, 0.5) is 0 Å². The maximum absolute atomic E-state index is 5.90. The Morgan fingerprint density at radius 2 is 2.31 bits per heavy atom. The minimum absolute atomic E-state index is 0.151. The quantitative estimate of drug-likeness (QED) is 0.884. The van der Waals surface area contributed by atoms with E-state index in [0.29, 0.717) is 11.7 Å². The Morgan fingerprint density at radius 1 is 1.50 bits per heavy atom. The maximum Gasteiger partial charge on any atom is 0.277 e. The zero-order valence-corrected chi connectivity index (χ0v) is 10.1. The second kappa shape index (κ2) is 4.71. The number of nitrogens with two attached hydrogens (primary N) is 1. The second-order valence-electron chi connectivity index (χ2n) is 3.60. The molecule has 0 spiro atoms. The molecule has 0 amide bonds. The molecule has 0 aliphatic heterocycles. The minimum atomic E-state index is -0.151. The van der Waals surface area contributed by atoms with Gasteiger partial charge in [0, 0.05) is 5.38 Å². The van der Waals surface area contributed by atoms with E-state index in [4.69, 9.17) is 10.3 Å². The van der Waals surface area contributed by atoms with Crippen LogP contribution in [0.25, 0.3) is 11.6 Å². The Balaban J connectivity index is 2.19. The van der Waals surface area contributed by atoms with E-state index in [2.05, 4.69) is 22.0 Å². The molecule has 0 radical (unpaired) electrons. The van der Waals surface area contributed by atoms with Gasteiger partial charge in [-0.25, -0.2) is 4.98 Å². The molecule has 0 bridgehead atoms. The van der Waals surface area contributed by atoms with E-state index in [-0.39, 0.29) is 6.04 Å². The summed E-state index contributed by atoms with van der Waals surface area (Å²) in [6, 6.07) is -0.151. The average molecular weight is 238 g/mol. The van der Waals surface area contributed by atoms with E-state index < -0.39 is 0 Å². The molecule has 86 valence electrons. The second-order valence-corrected chi connectivity index (χ2v) is 4.67. The molecule has 0 aliphatic rings. The standard InChI is InChI=1S/C10H14N4OS/c1-3-4-7(11)9-13-10(15-14-9)8-5-16-6(2)12-8/h5,7H,3-4,11H2,1-2H3. The fraction of sp³-hybridized carbons (Fsp3) is 0.500. The maximum atomic E-state index is 5.90. The van der Waals surface area contributed by atoms with Crippen LogP contribution in [0.1, 0.15) is 36.6 Å². The number of nitrogens with zero attached hydrogens (tertiary/aromatic N) is 3. The highest BCUT2D eigenvalue weighted by Crippen LogP contribution is 2.21. The zero-order chi connectivity index (χ0) is 11.5. The largest absolute Gasteiger partial charge is 0.332 e. The first-order valence-electron chi connectivity index (χ1n) is 5.22. The molecular weight excluding hydrogens is 224 g/mol. The molecule has 0 saturated heterocycles. The molecule has 2 aromatic rings. The van der Waals surface area contributed by atoms with Gasteiger partial charge < -0.3 is 10.3 Å². The molecule has 2 rings (SSSR count). The van der Waals surface area contributed by atoms with Crippen LogP contribution in [0, 0.1) is 6.92 Å². The minimum Gasteiger partial charge on any atom is -0.332 e. The molecule has 1 atom stereocenters. The predicted octanol–water partition coefficient (Wildman–Crippen LogP) is 2.30. The van der Waals surface area contributed by atoms with Gasteiger partial charge in [0.2, 0.25) is 0 Å². The van der Waals surface area contributed by atoms with Crippen molar-refractivity contribution in [3.05, 3.63) is 16.2 Å². The highest BCUT2D eigenvalue weighted by molar-refractivity contribution is 7.09. The third-order valence-electron chi connectivity index (χ3n) is 2.21. The Bertz CT molecular complexity index is 465. The summed E-state index contributed by atoms with van der Waals surface area (Å²) < 4.78 is 5.13. The Labute approximate surface area is 97.7 Å². The van der Waals surface area contributed by atoms with Crippen LogP contribution in [0.5, 0.6) is 0 Å². The van der Waals surface area contributed by atoms with Crippen molar-refractivity contribution in [2.45, 2.75) is 32.7 Å². The third-order valence-corrected chi connectivity index (χ3v) is 2.98. The van der Waals surface area contributed by atoms with Crippen LogP contribution in [-0.2, 0) is 0 Å². The van der Waals surface area contributed by atoms with Crippen LogP contribution in [-0.4, -0.2) is 15.1 Å². The van der Waals surface area contributed by atoms with Crippen molar-refractivity contribution in [2.24, 2.45) is 5.73 Å². The fourth-order valence-corrected chi connectivity index (χ4v) is 1.98. The summed E-state index contributed by atoms with van der Waals surface area (Å²) in [4.78, 5) is 8.53. The van der Waals surface area contributed by atoms with Gasteiger partial charge in [-0.1, -0.05) is 18.5 Å². The summed E-state index contributed by atoms with van der Waals surface area (Å²) in [5.41, 5.74) is 6.63. The van der Waals surface area contributed by atoms with Gasteiger partial charge in [0.05, 0.1) is 11.0 Å². The van der Waals surface area contributed by atoms with Crippen molar-refractivity contribution in [3.8, 4) is 11.6 Å². The van der Waals surface area contributed by atoms with Crippen LogP contribution in [0.2, 0.25) is 0 Å². The van der Waals surface area contributed by atoms with Crippen molar-refractivity contribution < 1.29 is 4.52 Å². The molecule has 5 nitrogen and oxygen atoms in total. The zero-order valence-electron chi connectivity index (χ0n) is 9.30. The third kappa shape index (κ3) is 2.28. The lowest BCUT2D eigenvalue weighted by atomic mass is 10.2. The number of hydrogen-bond acceptors (Lipinski definition) is 6. The summed E-state index contributed by atoms with van der Waals surface area (Å²) in [5.74, 6) is 1.01.